The van der Waals surface area contributed by atoms with Crippen LogP contribution in [0.2, 0.25) is 0 Å². The van der Waals surface area contributed by atoms with E-state index in [1.807, 2.05) is 18.7 Å². The number of hydrogen-bond acceptors (Lipinski definition) is 2. The Morgan fingerprint density at radius 2 is 1.93 bits per heavy atom. The maximum absolute atomic E-state index is 12.2. The van der Waals surface area contributed by atoms with Crippen molar-refractivity contribution in [1.29, 1.82) is 0 Å². The molecule has 0 bridgehead atoms. The van der Waals surface area contributed by atoms with Crippen LogP contribution in [0, 0.1) is 5.41 Å². The van der Waals surface area contributed by atoms with Crippen molar-refractivity contribution >= 4 is 5.91 Å². The van der Waals surface area contributed by atoms with Crippen LogP contribution in [0.1, 0.15) is 41.0 Å². The van der Waals surface area contributed by atoms with Gasteiger partial charge in [-0.15, -0.1) is 0 Å². The van der Waals surface area contributed by atoms with Crippen LogP contribution in [-0.2, 0) is 4.79 Å². The molecule has 1 amide bonds. The van der Waals surface area contributed by atoms with Crippen molar-refractivity contribution in [3.63, 3.8) is 0 Å². The van der Waals surface area contributed by atoms with Gasteiger partial charge in [0, 0.05) is 25.2 Å². The molecule has 1 aliphatic rings. The molecule has 1 N–H and O–H groups in total. The fourth-order valence-electron chi connectivity index (χ4n) is 2.02. The van der Waals surface area contributed by atoms with Crippen LogP contribution in [-0.4, -0.2) is 36.0 Å². The van der Waals surface area contributed by atoms with E-state index in [-0.39, 0.29) is 16.9 Å². The van der Waals surface area contributed by atoms with Crippen molar-refractivity contribution < 1.29 is 4.79 Å². The molecule has 1 rings (SSSR count). The molecule has 1 fully saturated rings. The van der Waals surface area contributed by atoms with Gasteiger partial charge in [0.15, 0.2) is 0 Å². The van der Waals surface area contributed by atoms with Crippen LogP contribution in [0.4, 0.5) is 0 Å². The van der Waals surface area contributed by atoms with Crippen molar-refractivity contribution in [3.05, 3.63) is 0 Å². The summed E-state index contributed by atoms with van der Waals surface area (Å²) in [6.45, 7) is 12.9. The molecule has 0 aliphatic carbocycles. The Bertz CT molecular complexity index is 246. The summed E-state index contributed by atoms with van der Waals surface area (Å²) in [5.41, 5.74) is -0.248. The summed E-state index contributed by atoms with van der Waals surface area (Å²) < 4.78 is 0. The van der Waals surface area contributed by atoms with E-state index in [0.717, 1.165) is 26.1 Å². The van der Waals surface area contributed by atoms with Gasteiger partial charge in [-0.2, -0.15) is 0 Å². The molecule has 3 nitrogen and oxygen atoms in total. The monoisotopic (exact) mass is 212 g/mol. The third-order valence-corrected chi connectivity index (χ3v) is 2.95. The SMILES string of the molecule is CCCN1CC(C)(C)NCC(C)(C)C1=O. The largest absolute Gasteiger partial charge is 0.340 e. The highest BCUT2D eigenvalue weighted by Gasteiger charge is 2.38. The zero-order valence-electron chi connectivity index (χ0n) is 10.7. The number of rotatable bonds is 2. The van der Waals surface area contributed by atoms with Gasteiger partial charge < -0.3 is 10.2 Å². The number of amides is 1. The third kappa shape index (κ3) is 2.94. The van der Waals surface area contributed by atoms with E-state index in [0.29, 0.717) is 0 Å². The van der Waals surface area contributed by atoms with Gasteiger partial charge in [-0.05, 0) is 34.1 Å². The molecule has 1 saturated heterocycles. The van der Waals surface area contributed by atoms with E-state index in [1.165, 1.54) is 0 Å². The fourth-order valence-corrected chi connectivity index (χ4v) is 2.02. The second-order valence-electron chi connectivity index (χ2n) is 5.85. The Hall–Kier alpha value is -0.570. The molecule has 0 aromatic heterocycles. The second kappa shape index (κ2) is 4.12. The first-order chi connectivity index (χ1) is 6.78. The molecule has 15 heavy (non-hydrogen) atoms. The van der Waals surface area contributed by atoms with E-state index in [2.05, 4.69) is 26.1 Å². The van der Waals surface area contributed by atoms with E-state index in [1.54, 1.807) is 0 Å². The maximum atomic E-state index is 12.2. The predicted octanol–water partition coefficient (Wildman–Crippen LogP) is 1.63. The highest BCUT2D eigenvalue weighted by atomic mass is 16.2. The lowest BCUT2D eigenvalue weighted by atomic mass is 9.92. The molecule has 3 heteroatoms. The molecule has 0 saturated carbocycles. The zero-order valence-corrected chi connectivity index (χ0v) is 10.7. The topological polar surface area (TPSA) is 32.3 Å². The zero-order chi connectivity index (χ0) is 11.7. The van der Waals surface area contributed by atoms with Crippen molar-refractivity contribution in [3.8, 4) is 0 Å². The lowest BCUT2D eigenvalue weighted by Crippen LogP contribution is -2.47. The van der Waals surface area contributed by atoms with Gasteiger partial charge in [-0.25, -0.2) is 0 Å². The van der Waals surface area contributed by atoms with Crippen molar-refractivity contribution in [2.45, 2.75) is 46.6 Å². The Morgan fingerprint density at radius 1 is 1.33 bits per heavy atom. The molecule has 1 heterocycles. The first kappa shape index (κ1) is 12.5. The number of carbonyl (C=O) groups is 1. The lowest BCUT2D eigenvalue weighted by Gasteiger charge is -2.30. The number of hydrogen-bond donors (Lipinski definition) is 1. The summed E-state index contributed by atoms with van der Waals surface area (Å²) in [6, 6.07) is 0. The average Bonchev–Trinajstić information content (AvgIpc) is 2.19. The first-order valence-corrected chi connectivity index (χ1v) is 5.83. The van der Waals surface area contributed by atoms with Gasteiger partial charge in [-0.3, -0.25) is 4.79 Å². The molecule has 0 atom stereocenters. The quantitative estimate of drug-likeness (QED) is 0.754. The minimum Gasteiger partial charge on any atom is -0.340 e. The minimum absolute atomic E-state index is 0.0264. The molecule has 0 spiro atoms. The molecule has 1 aliphatic heterocycles. The number of carbonyl (C=O) groups excluding carboxylic acids is 1. The van der Waals surface area contributed by atoms with E-state index in [4.69, 9.17) is 0 Å². The minimum atomic E-state index is -0.275. The fraction of sp³-hybridized carbons (Fsp3) is 0.917. The smallest absolute Gasteiger partial charge is 0.229 e. The van der Waals surface area contributed by atoms with Crippen LogP contribution < -0.4 is 5.32 Å². The molecular formula is C12H24N2O. The second-order valence-corrected chi connectivity index (χ2v) is 5.85. The molecular weight excluding hydrogens is 188 g/mol. The summed E-state index contributed by atoms with van der Waals surface area (Å²) in [4.78, 5) is 14.2. The highest BCUT2D eigenvalue weighted by molar-refractivity contribution is 5.82. The molecule has 0 aromatic carbocycles. The standard InChI is InChI=1S/C12H24N2O/c1-6-7-14-9-12(4,5)13-8-11(2,3)10(14)15/h13H,6-9H2,1-5H3. The van der Waals surface area contributed by atoms with E-state index in [9.17, 15) is 4.79 Å². The van der Waals surface area contributed by atoms with E-state index >= 15 is 0 Å². The summed E-state index contributed by atoms with van der Waals surface area (Å²) >= 11 is 0. The Labute approximate surface area is 93.2 Å². The molecule has 0 aromatic rings. The Balaban J connectivity index is 2.87. The van der Waals surface area contributed by atoms with Crippen LogP contribution >= 0.6 is 0 Å². The molecule has 0 radical (unpaired) electrons. The predicted molar refractivity (Wildman–Crippen MR) is 62.7 cm³/mol. The Kier molecular flexibility index (Phi) is 3.44. The van der Waals surface area contributed by atoms with Gasteiger partial charge in [0.1, 0.15) is 0 Å². The van der Waals surface area contributed by atoms with Gasteiger partial charge >= 0.3 is 0 Å². The highest BCUT2D eigenvalue weighted by Crippen LogP contribution is 2.24. The number of nitrogens with one attached hydrogen (secondary N) is 1. The number of nitrogens with zero attached hydrogens (tertiary/aromatic N) is 1. The molecule has 0 unspecified atom stereocenters. The first-order valence-electron chi connectivity index (χ1n) is 5.83. The van der Waals surface area contributed by atoms with E-state index < -0.39 is 0 Å². The van der Waals surface area contributed by atoms with Gasteiger partial charge in [0.25, 0.3) is 0 Å². The maximum Gasteiger partial charge on any atom is 0.229 e. The van der Waals surface area contributed by atoms with Crippen LogP contribution in [0.25, 0.3) is 0 Å². The summed E-state index contributed by atoms with van der Waals surface area (Å²) in [6.07, 6.45) is 1.03. The molecule has 88 valence electrons. The van der Waals surface area contributed by atoms with Crippen LogP contribution in [0.5, 0.6) is 0 Å². The van der Waals surface area contributed by atoms with Crippen LogP contribution in [0.15, 0.2) is 0 Å². The van der Waals surface area contributed by atoms with Gasteiger partial charge in [0.2, 0.25) is 5.91 Å². The summed E-state index contributed by atoms with van der Waals surface area (Å²) in [7, 11) is 0. The third-order valence-electron chi connectivity index (χ3n) is 2.95. The summed E-state index contributed by atoms with van der Waals surface area (Å²) in [5, 5.41) is 3.47. The van der Waals surface area contributed by atoms with Crippen LogP contribution in [0.3, 0.4) is 0 Å². The normalized spacial score (nSPS) is 25.1. The van der Waals surface area contributed by atoms with Gasteiger partial charge in [0.05, 0.1) is 5.41 Å². The van der Waals surface area contributed by atoms with Crippen molar-refractivity contribution in [1.82, 2.24) is 10.2 Å². The lowest BCUT2D eigenvalue weighted by molar-refractivity contribution is -0.139. The van der Waals surface area contributed by atoms with Crippen molar-refractivity contribution in [2.24, 2.45) is 5.41 Å². The van der Waals surface area contributed by atoms with Gasteiger partial charge in [-0.1, -0.05) is 6.92 Å². The average molecular weight is 212 g/mol. The Morgan fingerprint density at radius 3 is 2.47 bits per heavy atom. The van der Waals surface area contributed by atoms with Crippen molar-refractivity contribution in [2.75, 3.05) is 19.6 Å². The summed E-state index contributed by atoms with van der Waals surface area (Å²) in [5.74, 6) is 0.280.